The van der Waals surface area contributed by atoms with Crippen LogP contribution in [0.15, 0.2) is 41.3 Å². The molecule has 29 heavy (non-hydrogen) atoms. The van der Waals surface area contributed by atoms with Crippen molar-refractivity contribution in [3.05, 3.63) is 47.5 Å². The van der Waals surface area contributed by atoms with E-state index in [0.717, 1.165) is 21.1 Å². The van der Waals surface area contributed by atoms with E-state index in [4.69, 9.17) is 0 Å². The van der Waals surface area contributed by atoms with Gasteiger partial charge in [0.05, 0.1) is 17.0 Å². The van der Waals surface area contributed by atoms with Crippen LogP contribution in [0.4, 0.5) is 10.5 Å². The number of carbonyl (C=O) groups excluding carboxylic acids is 1. The molecule has 0 radical (unpaired) electrons. The molecule has 0 aliphatic carbocycles. The van der Waals surface area contributed by atoms with E-state index in [2.05, 4.69) is 20.9 Å². The van der Waals surface area contributed by atoms with E-state index in [0.29, 0.717) is 24.1 Å². The van der Waals surface area contributed by atoms with Crippen molar-refractivity contribution in [1.82, 2.24) is 24.6 Å². The Labute approximate surface area is 169 Å². The molecule has 1 aromatic heterocycles. The minimum atomic E-state index is -3.53. The summed E-state index contributed by atoms with van der Waals surface area (Å²) in [6.07, 6.45) is 0. The van der Waals surface area contributed by atoms with Crippen molar-refractivity contribution in [3.63, 3.8) is 0 Å². The number of rotatable bonds is 6. The first-order valence-corrected chi connectivity index (χ1v) is 10.5. The van der Waals surface area contributed by atoms with Gasteiger partial charge in [-0.15, -0.1) is 5.10 Å². The van der Waals surface area contributed by atoms with E-state index in [1.54, 1.807) is 10.7 Å². The highest BCUT2D eigenvalue weighted by atomic mass is 32.2. The Morgan fingerprint density at radius 3 is 2.66 bits per heavy atom. The molecule has 0 atom stereocenters. The number of nitrogens with one attached hydrogen (secondary N) is 2. The van der Waals surface area contributed by atoms with Crippen LogP contribution in [0.3, 0.4) is 0 Å². The number of benzene rings is 2. The first kappa shape index (κ1) is 20.7. The number of carbonyl (C=O) groups is 1. The Bertz CT molecular complexity index is 1150. The molecule has 154 valence electrons. The third kappa shape index (κ3) is 4.38. The zero-order valence-electron chi connectivity index (χ0n) is 16.8. The average Bonchev–Trinajstić information content (AvgIpc) is 3.07. The number of sulfonamides is 1. The zero-order chi connectivity index (χ0) is 21.2. The third-order valence-corrected chi connectivity index (χ3v) is 6.54. The fourth-order valence-electron chi connectivity index (χ4n) is 2.82. The van der Waals surface area contributed by atoms with Gasteiger partial charge in [0.25, 0.3) is 0 Å². The summed E-state index contributed by atoms with van der Waals surface area (Å²) in [4.78, 5) is 12.3. The normalized spacial score (nSPS) is 11.8. The van der Waals surface area contributed by atoms with Crippen LogP contribution in [-0.2, 0) is 16.6 Å². The summed E-state index contributed by atoms with van der Waals surface area (Å²) in [5, 5.41) is 13.7. The molecule has 2 amide bonds. The van der Waals surface area contributed by atoms with Crippen molar-refractivity contribution in [2.45, 2.75) is 25.3 Å². The monoisotopic (exact) mass is 416 g/mol. The maximum atomic E-state index is 12.2. The second-order valence-electron chi connectivity index (χ2n) is 6.88. The topological polar surface area (TPSA) is 109 Å². The van der Waals surface area contributed by atoms with Gasteiger partial charge in [0.1, 0.15) is 5.52 Å². The lowest BCUT2D eigenvalue weighted by Gasteiger charge is -2.12. The summed E-state index contributed by atoms with van der Waals surface area (Å²) >= 11 is 0. The van der Waals surface area contributed by atoms with E-state index < -0.39 is 10.0 Å². The van der Waals surface area contributed by atoms with Gasteiger partial charge in [-0.25, -0.2) is 22.2 Å². The molecule has 0 aliphatic heterocycles. The van der Waals surface area contributed by atoms with Crippen molar-refractivity contribution in [3.8, 4) is 0 Å². The van der Waals surface area contributed by atoms with Crippen LogP contribution in [0.1, 0.15) is 11.1 Å². The largest absolute Gasteiger partial charge is 0.336 e. The minimum Gasteiger partial charge on any atom is -0.336 e. The molecule has 10 heteroatoms. The highest BCUT2D eigenvalue weighted by Gasteiger charge is 2.18. The van der Waals surface area contributed by atoms with Crippen LogP contribution in [0.5, 0.6) is 0 Å². The smallest absolute Gasteiger partial charge is 0.319 e. The molecule has 0 unspecified atom stereocenters. The van der Waals surface area contributed by atoms with Gasteiger partial charge in [-0.2, -0.15) is 0 Å². The van der Waals surface area contributed by atoms with Gasteiger partial charge in [-0.1, -0.05) is 17.3 Å². The second-order valence-corrected chi connectivity index (χ2v) is 9.03. The van der Waals surface area contributed by atoms with E-state index in [1.807, 2.05) is 32.0 Å². The Balaban J connectivity index is 1.64. The molecule has 0 bridgehead atoms. The maximum absolute atomic E-state index is 12.2. The van der Waals surface area contributed by atoms with Crippen molar-refractivity contribution >= 4 is 32.8 Å². The van der Waals surface area contributed by atoms with Gasteiger partial charge in [-0.3, -0.25) is 0 Å². The summed E-state index contributed by atoms with van der Waals surface area (Å²) in [5.74, 6) is 0. The number of aryl methyl sites for hydroxylation is 1. The fraction of sp³-hybridized carbons (Fsp3) is 0.316. The number of anilines is 1. The molecule has 0 aliphatic rings. The third-order valence-electron chi connectivity index (χ3n) is 4.73. The van der Waals surface area contributed by atoms with Gasteiger partial charge in [-0.05, 0) is 49.2 Å². The summed E-state index contributed by atoms with van der Waals surface area (Å²) in [7, 11) is -0.578. The average molecular weight is 417 g/mol. The number of fused-ring (bicyclic) bond motifs is 1. The lowest BCUT2D eigenvalue weighted by molar-refractivity contribution is 0.251. The summed E-state index contributed by atoms with van der Waals surface area (Å²) < 4.78 is 27.3. The van der Waals surface area contributed by atoms with Gasteiger partial charge in [0.2, 0.25) is 10.0 Å². The molecule has 2 aromatic carbocycles. The van der Waals surface area contributed by atoms with Crippen molar-refractivity contribution < 1.29 is 13.2 Å². The number of aromatic nitrogens is 3. The van der Waals surface area contributed by atoms with E-state index in [1.165, 1.54) is 26.2 Å². The fourth-order valence-corrected chi connectivity index (χ4v) is 3.74. The maximum Gasteiger partial charge on any atom is 0.319 e. The molecular formula is C19H24N6O3S. The van der Waals surface area contributed by atoms with Gasteiger partial charge >= 0.3 is 6.03 Å². The quantitative estimate of drug-likeness (QED) is 0.640. The summed E-state index contributed by atoms with van der Waals surface area (Å²) in [5.41, 5.74) is 4.07. The molecule has 3 rings (SSSR count). The number of amides is 2. The van der Waals surface area contributed by atoms with E-state index in [-0.39, 0.29) is 10.9 Å². The minimum absolute atomic E-state index is 0.160. The Kier molecular flexibility index (Phi) is 5.85. The van der Waals surface area contributed by atoms with E-state index >= 15 is 0 Å². The first-order chi connectivity index (χ1) is 13.7. The van der Waals surface area contributed by atoms with Crippen LogP contribution in [0.25, 0.3) is 11.0 Å². The molecule has 0 saturated heterocycles. The number of urea groups is 1. The molecule has 2 N–H and O–H groups in total. The first-order valence-electron chi connectivity index (χ1n) is 9.07. The summed E-state index contributed by atoms with van der Waals surface area (Å²) in [6, 6.07) is 10.1. The predicted molar refractivity (Wildman–Crippen MR) is 111 cm³/mol. The van der Waals surface area contributed by atoms with Crippen LogP contribution in [0, 0.1) is 13.8 Å². The highest BCUT2D eigenvalue weighted by molar-refractivity contribution is 7.89. The summed E-state index contributed by atoms with van der Waals surface area (Å²) in [6.45, 7) is 4.68. The number of hydrogen-bond acceptors (Lipinski definition) is 5. The molecule has 0 saturated carbocycles. The number of nitrogens with zero attached hydrogens (tertiary/aromatic N) is 4. The van der Waals surface area contributed by atoms with Crippen molar-refractivity contribution in [2.75, 3.05) is 26.0 Å². The molecule has 9 nitrogen and oxygen atoms in total. The van der Waals surface area contributed by atoms with Crippen LogP contribution in [0.2, 0.25) is 0 Å². The molecule has 1 heterocycles. The number of hydrogen-bond donors (Lipinski definition) is 2. The van der Waals surface area contributed by atoms with Crippen LogP contribution in [-0.4, -0.2) is 54.4 Å². The van der Waals surface area contributed by atoms with Crippen molar-refractivity contribution in [1.29, 1.82) is 0 Å². The van der Waals surface area contributed by atoms with Gasteiger partial charge < -0.3 is 10.6 Å². The molecule has 0 spiro atoms. The lowest BCUT2D eigenvalue weighted by atomic mass is 10.1. The standard InChI is InChI=1S/C19H24N6O3S/c1-13-6-5-7-16(14(13)2)21-19(26)20-10-11-25-18-9-8-15(12-17(18)22-23-25)29(27,28)24(3)4/h5-9,12H,10-11H2,1-4H3,(H2,20,21,26). The van der Waals surface area contributed by atoms with Gasteiger partial charge in [0, 0.05) is 26.3 Å². The highest BCUT2D eigenvalue weighted by Crippen LogP contribution is 2.19. The van der Waals surface area contributed by atoms with Crippen molar-refractivity contribution in [2.24, 2.45) is 0 Å². The van der Waals surface area contributed by atoms with Gasteiger partial charge in [0.15, 0.2) is 0 Å². The second kappa shape index (κ2) is 8.18. The molecular weight excluding hydrogens is 392 g/mol. The predicted octanol–water partition coefficient (Wildman–Crippen LogP) is 2.12. The van der Waals surface area contributed by atoms with Crippen LogP contribution >= 0.6 is 0 Å². The Morgan fingerprint density at radius 1 is 1.17 bits per heavy atom. The van der Waals surface area contributed by atoms with E-state index in [9.17, 15) is 13.2 Å². The van der Waals surface area contributed by atoms with Crippen LogP contribution < -0.4 is 10.6 Å². The lowest BCUT2D eigenvalue weighted by Crippen LogP contribution is -2.32. The molecule has 3 aromatic rings. The zero-order valence-corrected chi connectivity index (χ0v) is 17.6. The Hall–Kier alpha value is -2.98. The SMILES string of the molecule is Cc1cccc(NC(=O)NCCn2nnc3cc(S(=O)(=O)N(C)C)ccc32)c1C. The Morgan fingerprint density at radius 2 is 1.93 bits per heavy atom. The molecule has 0 fully saturated rings.